The first-order valence-corrected chi connectivity index (χ1v) is 17.6. The molecule has 0 radical (unpaired) electrons. The zero-order valence-corrected chi connectivity index (χ0v) is 27.6. The lowest BCUT2D eigenvalue weighted by Gasteiger charge is -2.30. The highest BCUT2D eigenvalue weighted by Crippen LogP contribution is 2.49. The van der Waals surface area contributed by atoms with E-state index in [-0.39, 0.29) is 0 Å². The van der Waals surface area contributed by atoms with Crippen LogP contribution in [0.5, 0.6) is 0 Å². The van der Waals surface area contributed by atoms with Gasteiger partial charge in [0.25, 0.3) is 0 Å². The Balaban J connectivity index is 1.31. The summed E-state index contributed by atoms with van der Waals surface area (Å²) < 4.78 is 5.07. The highest BCUT2D eigenvalue weighted by atomic mass is 35.5. The van der Waals surface area contributed by atoms with Crippen LogP contribution in [0, 0.1) is 0 Å². The standard InChI is InChI=1S/C42H27ClN2S2/c43-28-25-31(44(29-13-3-1-4-14-29)35-19-11-23-39-41(35)33-17-7-9-21-37(33)46-39)27-32(26-28)45(30-15-5-2-6-16-30)36-20-12-24-40-42(36)34-18-8-10-22-38(34)47-40/h1-27H. The number of thiophene rings is 2. The fourth-order valence-corrected chi connectivity index (χ4v) is 9.19. The Hall–Kier alpha value is -5.13. The first kappa shape index (κ1) is 28.1. The number of nitrogens with zero attached hydrogens (tertiary/aromatic N) is 2. The van der Waals surface area contributed by atoms with Gasteiger partial charge in [-0.05, 0) is 78.9 Å². The van der Waals surface area contributed by atoms with Crippen LogP contribution in [0.3, 0.4) is 0 Å². The zero-order valence-electron chi connectivity index (χ0n) is 25.2. The van der Waals surface area contributed by atoms with Crippen molar-refractivity contribution >= 4 is 109 Å². The number of halogens is 1. The first-order valence-electron chi connectivity index (χ1n) is 15.5. The average molecular weight is 659 g/mol. The minimum Gasteiger partial charge on any atom is -0.310 e. The van der Waals surface area contributed by atoms with Gasteiger partial charge in [0.15, 0.2) is 0 Å². The molecule has 7 aromatic carbocycles. The fourth-order valence-electron chi connectivity index (χ4n) is 6.71. The maximum atomic E-state index is 7.12. The van der Waals surface area contributed by atoms with Gasteiger partial charge in [0.05, 0.1) is 11.4 Å². The lowest BCUT2D eigenvalue weighted by molar-refractivity contribution is 1.26. The smallest absolute Gasteiger partial charge is 0.0554 e. The molecule has 9 aromatic rings. The Kier molecular flexibility index (Phi) is 6.93. The van der Waals surface area contributed by atoms with Crippen molar-refractivity contribution in [1.29, 1.82) is 0 Å². The molecule has 0 bridgehead atoms. The minimum absolute atomic E-state index is 0.670. The predicted octanol–water partition coefficient (Wildman–Crippen LogP) is 14.0. The number of hydrogen-bond acceptors (Lipinski definition) is 4. The lowest BCUT2D eigenvalue weighted by atomic mass is 10.1. The van der Waals surface area contributed by atoms with E-state index >= 15 is 0 Å². The zero-order chi connectivity index (χ0) is 31.3. The topological polar surface area (TPSA) is 6.48 Å². The van der Waals surface area contributed by atoms with Crippen LogP contribution in [0.15, 0.2) is 164 Å². The Morgan fingerprint density at radius 3 is 1.23 bits per heavy atom. The van der Waals surface area contributed by atoms with Crippen molar-refractivity contribution in [2.45, 2.75) is 0 Å². The third kappa shape index (κ3) is 4.85. The lowest BCUT2D eigenvalue weighted by Crippen LogP contribution is -2.13. The van der Waals surface area contributed by atoms with Crippen molar-refractivity contribution in [2.75, 3.05) is 9.80 Å². The molecule has 47 heavy (non-hydrogen) atoms. The third-order valence-electron chi connectivity index (χ3n) is 8.66. The second-order valence-corrected chi connectivity index (χ2v) is 14.1. The Labute approximate surface area is 285 Å². The average Bonchev–Trinajstić information content (AvgIpc) is 3.69. The summed E-state index contributed by atoms with van der Waals surface area (Å²) in [6.45, 7) is 0. The van der Waals surface area contributed by atoms with E-state index in [1.165, 1.54) is 40.3 Å². The monoisotopic (exact) mass is 658 g/mol. The van der Waals surface area contributed by atoms with Gasteiger partial charge in [0.1, 0.15) is 0 Å². The number of para-hydroxylation sites is 2. The normalized spacial score (nSPS) is 11.5. The van der Waals surface area contributed by atoms with E-state index in [0.717, 1.165) is 34.1 Å². The SMILES string of the molecule is Clc1cc(N(c2ccccc2)c2cccc3sc4ccccc4c23)cc(N(c2ccccc2)c2cccc3sc4ccccc4c23)c1. The molecule has 0 aliphatic heterocycles. The molecule has 0 fully saturated rings. The van der Waals surface area contributed by atoms with Crippen LogP contribution in [0.4, 0.5) is 34.1 Å². The summed E-state index contributed by atoms with van der Waals surface area (Å²) in [5, 5.41) is 5.67. The van der Waals surface area contributed by atoms with Gasteiger partial charge < -0.3 is 9.80 Å². The Morgan fingerprint density at radius 2 is 0.766 bits per heavy atom. The molecule has 5 heteroatoms. The Morgan fingerprint density at radius 1 is 0.362 bits per heavy atom. The maximum Gasteiger partial charge on any atom is 0.0554 e. The molecule has 2 heterocycles. The van der Waals surface area contributed by atoms with Crippen molar-refractivity contribution in [2.24, 2.45) is 0 Å². The second kappa shape index (κ2) is 11.6. The molecule has 0 unspecified atom stereocenters. The van der Waals surface area contributed by atoms with Crippen LogP contribution in [-0.2, 0) is 0 Å². The van der Waals surface area contributed by atoms with Gasteiger partial charge in [0, 0.05) is 68.1 Å². The van der Waals surface area contributed by atoms with Gasteiger partial charge in [-0.15, -0.1) is 22.7 Å². The molecular formula is C42H27ClN2S2. The maximum absolute atomic E-state index is 7.12. The van der Waals surface area contributed by atoms with Crippen LogP contribution in [0.1, 0.15) is 0 Å². The quantitative estimate of drug-likeness (QED) is 0.175. The van der Waals surface area contributed by atoms with E-state index in [9.17, 15) is 0 Å². The van der Waals surface area contributed by atoms with Crippen molar-refractivity contribution < 1.29 is 0 Å². The molecule has 0 aliphatic carbocycles. The molecule has 2 nitrogen and oxygen atoms in total. The van der Waals surface area contributed by atoms with Crippen LogP contribution in [0.25, 0.3) is 40.3 Å². The molecule has 224 valence electrons. The van der Waals surface area contributed by atoms with E-state index < -0.39 is 0 Å². The summed E-state index contributed by atoms with van der Waals surface area (Å²) in [7, 11) is 0. The molecule has 0 spiro atoms. The highest BCUT2D eigenvalue weighted by molar-refractivity contribution is 7.26. The van der Waals surface area contributed by atoms with E-state index in [1.54, 1.807) is 0 Å². The summed E-state index contributed by atoms with van der Waals surface area (Å²) in [5.74, 6) is 0. The molecule has 0 saturated heterocycles. The van der Waals surface area contributed by atoms with Gasteiger partial charge in [-0.25, -0.2) is 0 Å². The summed E-state index contributed by atoms with van der Waals surface area (Å²) in [6.07, 6.45) is 0. The van der Waals surface area contributed by atoms with Crippen molar-refractivity contribution in [3.8, 4) is 0 Å². The van der Waals surface area contributed by atoms with E-state index in [0.29, 0.717) is 5.02 Å². The molecule has 0 aliphatic rings. The molecule has 0 atom stereocenters. The summed E-state index contributed by atoms with van der Waals surface area (Å²) >= 11 is 10.8. The number of hydrogen-bond donors (Lipinski definition) is 0. The van der Waals surface area contributed by atoms with Gasteiger partial charge in [-0.2, -0.15) is 0 Å². The van der Waals surface area contributed by atoms with Crippen LogP contribution < -0.4 is 9.80 Å². The van der Waals surface area contributed by atoms with Crippen molar-refractivity contribution in [1.82, 2.24) is 0 Å². The predicted molar refractivity (Wildman–Crippen MR) is 207 cm³/mol. The first-order chi connectivity index (χ1) is 23.2. The Bertz CT molecular complexity index is 2380. The molecule has 9 rings (SSSR count). The number of fused-ring (bicyclic) bond motifs is 6. The molecule has 2 aromatic heterocycles. The third-order valence-corrected chi connectivity index (χ3v) is 11.1. The van der Waals surface area contributed by atoms with Gasteiger partial charge in [-0.1, -0.05) is 96.5 Å². The van der Waals surface area contributed by atoms with Crippen LogP contribution in [0.2, 0.25) is 5.02 Å². The molecular weight excluding hydrogens is 632 g/mol. The van der Waals surface area contributed by atoms with Crippen molar-refractivity contribution in [3.63, 3.8) is 0 Å². The number of benzene rings is 7. The summed E-state index contributed by atoms with van der Waals surface area (Å²) in [4.78, 5) is 4.70. The molecule has 0 amide bonds. The fraction of sp³-hybridized carbons (Fsp3) is 0. The van der Waals surface area contributed by atoms with Gasteiger partial charge >= 0.3 is 0 Å². The van der Waals surface area contributed by atoms with Crippen molar-refractivity contribution in [3.05, 3.63) is 169 Å². The van der Waals surface area contributed by atoms with Gasteiger partial charge in [-0.3, -0.25) is 0 Å². The van der Waals surface area contributed by atoms with Crippen LogP contribution >= 0.6 is 34.3 Å². The van der Waals surface area contributed by atoms with E-state index in [4.69, 9.17) is 11.6 Å². The summed E-state index contributed by atoms with van der Waals surface area (Å²) in [6, 6.07) is 58.2. The second-order valence-electron chi connectivity index (χ2n) is 11.5. The van der Waals surface area contributed by atoms with E-state index in [2.05, 4.69) is 174 Å². The van der Waals surface area contributed by atoms with E-state index in [1.807, 2.05) is 22.7 Å². The van der Waals surface area contributed by atoms with Gasteiger partial charge in [0.2, 0.25) is 0 Å². The largest absolute Gasteiger partial charge is 0.310 e. The number of anilines is 6. The molecule has 0 saturated carbocycles. The molecule has 0 N–H and O–H groups in total. The highest BCUT2D eigenvalue weighted by Gasteiger charge is 2.23. The van der Waals surface area contributed by atoms with Crippen LogP contribution in [-0.4, -0.2) is 0 Å². The minimum atomic E-state index is 0.670. The summed E-state index contributed by atoms with van der Waals surface area (Å²) in [5.41, 5.74) is 6.36. The number of rotatable bonds is 6.